The number of aliphatic imine (C=N–C) groups is 1. The first-order valence-electron chi connectivity index (χ1n) is 5.92. The highest BCUT2D eigenvalue weighted by Gasteiger charge is 2.18. The lowest BCUT2D eigenvalue weighted by molar-refractivity contribution is -0.118. The molecule has 5 nitrogen and oxygen atoms in total. The zero-order valence-corrected chi connectivity index (χ0v) is 13.0. The van der Waals surface area contributed by atoms with Crippen LogP contribution in [0.3, 0.4) is 0 Å². The van der Waals surface area contributed by atoms with Gasteiger partial charge in [0.2, 0.25) is 5.91 Å². The largest absolute Gasteiger partial charge is 0.347 e. The van der Waals surface area contributed by atoms with Gasteiger partial charge in [-0.3, -0.25) is 14.9 Å². The fourth-order valence-electron chi connectivity index (χ4n) is 1.70. The van der Waals surface area contributed by atoms with Gasteiger partial charge in [0, 0.05) is 22.1 Å². The van der Waals surface area contributed by atoms with E-state index in [-0.39, 0.29) is 23.9 Å². The van der Waals surface area contributed by atoms with Crippen LogP contribution in [0, 0.1) is 0 Å². The Bertz CT molecular complexity index is 646. The second kappa shape index (κ2) is 7.06. The van der Waals surface area contributed by atoms with Crippen molar-refractivity contribution in [2.45, 2.75) is 6.42 Å². The van der Waals surface area contributed by atoms with Crippen LogP contribution in [0.5, 0.6) is 0 Å². The Kier molecular flexibility index (Phi) is 5.39. The fourth-order valence-corrected chi connectivity index (χ4v) is 3.06. The van der Waals surface area contributed by atoms with Crippen molar-refractivity contribution >= 4 is 58.4 Å². The molecule has 1 aromatic rings. The van der Waals surface area contributed by atoms with Crippen LogP contribution >= 0.6 is 35.0 Å². The van der Waals surface area contributed by atoms with Gasteiger partial charge in [0.25, 0.3) is 0 Å². The van der Waals surface area contributed by atoms with Crippen molar-refractivity contribution in [3.63, 3.8) is 0 Å². The van der Waals surface area contributed by atoms with Crippen molar-refractivity contribution in [3.05, 3.63) is 33.8 Å². The minimum absolute atomic E-state index is 0.0780. The van der Waals surface area contributed by atoms with Crippen LogP contribution < -0.4 is 5.32 Å². The number of rotatable bonds is 5. The molecule has 1 N–H and O–H groups in total. The van der Waals surface area contributed by atoms with Gasteiger partial charge >= 0.3 is 6.03 Å². The summed E-state index contributed by atoms with van der Waals surface area (Å²) in [6.07, 6.45) is 0.0780. The summed E-state index contributed by atoms with van der Waals surface area (Å²) in [5.74, 6) is -0.00161. The Morgan fingerprint density at radius 2 is 2.10 bits per heavy atom. The molecular weight excluding hydrogens is 335 g/mol. The van der Waals surface area contributed by atoms with E-state index >= 15 is 0 Å². The van der Waals surface area contributed by atoms with Gasteiger partial charge in [0.15, 0.2) is 5.78 Å². The summed E-state index contributed by atoms with van der Waals surface area (Å²) >= 11 is 13.0. The van der Waals surface area contributed by atoms with Gasteiger partial charge in [0.05, 0.1) is 17.2 Å². The lowest BCUT2D eigenvalue weighted by atomic mass is 10.1. The second-order valence-electron chi connectivity index (χ2n) is 4.25. The van der Waals surface area contributed by atoms with Crippen LogP contribution in [0.1, 0.15) is 16.8 Å². The topological polar surface area (TPSA) is 75.6 Å². The number of hydrogen-bond donors (Lipinski definition) is 1. The summed E-state index contributed by atoms with van der Waals surface area (Å²) in [4.78, 5) is 37.9. The van der Waals surface area contributed by atoms with E-state index in [1.807, 2.05) is 0 Å². The van der Waals surface area contributed by atoms with Gasteiger partial charge in [0.1, 0.15) is 0 Å². The van der Waals surface area contributed by atoms with Gasteiger partial charge in [-0.15, -0.1) is 11.8 Å². The molecule has 0 aromatic heterocycles. The highest BCUT2D eigenvalue weighted by Crippen LogP contribution is 2.22. The number of nitrogens with one attached hydrogen (secondary N) is 1. The number of benzene rings is 1. The normalized spacial score (nSPS) is 14.7. The van der Waals surface area contributed by atoms with Crippen molar-refractivity contribution in [2.24, 2.45) is 4.99 Å². The molecule has 0 atom stereocenters. The first kappa shape index (κ1) is 16.0. The molecular formula is C13H10Cl2N2O3S. The highest BCUT2D eigenvalue weighted by molar-refractivity contribution is 8.00. The summed E-state index contributed by atoms with van der Waals surface area (Å²) in [7, 11) is 0. The summed E-state index contributed by atoms with van der Waals surface area (Å²) in [5, 5.41) is 2.84. The van der Waals surface area contributed by atoms with Gasteiger partial charge in [-0.25, -0.2) is 9.79 Å². The standard InChI is InChI=1S/C13H10Cl2N2O3S/c14-7-1-2-9(10(15)3-7)11(18)6-21-5-8-4-12(19)17-13(20)16-8/h1-3H,4-6H2,(H,17,19,20). The minimum atomic E-state index is -0.658. The molecule has 1 aromatic carbocycles. The van der Waals surface area contributed by atoms with Gasteiger partial charge < -0.3 is 0 Å². The van der Waals surface area contributed by atoms with Crippen molar-refractivity contribution in [2.75, 3.05) is 11.5 Å². The quantitative estimate of drug-likeness (QED) is 0.833. The van der Waals surface area contributed by atoms with Crippen molar-refractivity contribution in [1.29, 1.82) is 0 Å². The van der Waals surface area contributed by atoms with Gasteiger partial charge in [-0.2, -0.15) is 0 Å². The third-order valence-electron chi connectivity index (χ3n) is 2.60. The average molecular weight is 345 g/mol. The number of urea groups is 1. The number of ketones is 1. The molecule has 1 aliphatic heterocycles. The fraction of sp³-hybridized carbons (Fsp3) is 0.231. The Morgan fingerprint density at radius 1 is 1.33 bits per heavy atom. The molecule has 2 rings (SSSR count). The van der Waals surface area contributed by atoms with E-state index in [4.69, 9.17) is 23.2 Å². The SMILES string of the molecule is O=C1CC(CSCC(=O)c2ccc(Cl)cc2Cl)=NC(=O)N1. The van der Waals surface area contributed by atoms with Crippen LogP contribution in [0.2, 0.25) is 10.0 Å². The average Bonchev–Trinajstić information content (AvgIpc) is 2.37. The Hall–Kier alpha value is -1.37. The van der Waals surface area contributed by atoms with E-state index in [2.05, 4.69) is 10.3 Å². The molecule has 0 radical (unpaired) electrons. The van der Waals surface area contributed by atoms with E-state index in [9.17, 15) is 14.4 Å². The van der Waals surface area contributed by atoms with E-state index in [1.54, 1.807) is 12.1 Å². The predicted octanol–water partition coefficient (Wildman–Crippen LogP) is 2.99. The smallest absolute Gasteiger partial charge is 0.293 e. The van der Waals surface area contributed by atoms with E-state index < -0.39 is 6.03 Å². The summed E-state index contributed by atoms with van der Waals surface area (Å²) in [6.45, 7) is 0. The number of nitrogens with zero attached hydrogens (tertiary/aromatic N) is 1. The molecule has 0 saturated heterocycles. The Morgan fingerprint density at radius 3 is 2.76 bits per heavy atom. The van der Waals surface area contributed by atoms with Crippen molar-refractivity contribution in [3.8, 4) is 0 Å². The maximum atomic E-state index is 12.0. The van der Waals surface area contributed by atoms with Crippen LogP contribution in [-0.2, 0) is 4.79 Å². The molecule has 110 valence electrons. The molecule has 0 spiro atoms. The van der Waals surface area contributed by atoms with Crippen LogP contribution in [0.25, 0.3) is 0 Å². The molecule has 0 aliphatic carbocycles. The summed E-state index contributed by atoms with van der Waals surface area (Å²) in [5.41, 5.74) is 0.858. The monoisotopic (exact) mass is 344 g/mol. The molecule has 0 bridgehead atoms. The molecule has 3 amide bonds. The van der Waals surface area contributed by atoms with Crippen LogP contribution in [-0.4, -0.2) is 34.9 Å². The number of halogens is 2. The molecule has 0 saturated carbocycles. The van der Waals surface area contributed by atoms with Crippen molar-refractivity contribution in [1.82, 2.24) is 5.32 Å². The molecule has 8 heteroatoms. The molecule has 1 aliphatic rings. The Labute approximate surface area is 135 Å². The third kappa shape index (κ3) is 4.56. The van der Waals surface area contributed by atoms with Crippen LogP contribution in [0.4, 0.5) is 4.79 Å². The molecule has 21 heavy (non-hydrogen) atoms. The highest BCUT2D eigenvalue weighted by atomic mass is 35.5. The third-order valence-corrected chi connectivity index (χ3v) is 4.16. The zero-order chi connectivity index (χ0) is 15.4. The first-order chi connectivity index (χ1) is 9.95. The number of hydrogen-bond acceptors (Lipinski definition) is 4. The maximum Gasteiger partial charge on any atom is 0.347 e. The second-order valence-corrected chi connectivity index (χ2v) is 6.08. The number of Topliss-reactive ketones (excluding diaryl/α,β-unsaturated/α-hetero) is 1. The lowest BCUT2D eigenvalue weighted by Gasteiger charge is -2.10. The number of thioether (sulfide) groups is 1. The minimum Gasteiger partial charge on any atom is -0.293 e. The summed E-state index contributed by atoms with van der Waals surface area (Å²) < 4.78 is 0. The lowest BCUT2D eigenvalue weighted by Crippen LogP contribution is -2.35. The first-order valence-corrected chi connectivity index (χ1v) is 7.83. The van der Waals surface area contributed by atoms with Crippen molar-refractivity contribution < 1.29 is 14.4 Å². The van der Waals surface area contributed by atoms with E-state index in [0.29, 0.717) is 27.1 Å². The number of carbonyl (C=O) groups excluding carboxylic acids is 3. The number of imide groups is 1. The zero-order valence-electron chi connectivity index (χ0n) is 10.7. The number of carbonyl (C=O) groups is 3. The van der Waals surface area contributed by atoms with Gasteiger partial charge in [-0.05, 0) is 18.2 Å². The summed E-state index contributed by atoms with van der Waals surface area (Å²) in [6, 6.07) is 4.02. The molecule has 0 fully saturated rings. The maximum absolute atomic E-state index is 12.0. The van der Waals surface area contributed by atoms with Crippen LogP contribution in [0.15, 0.2) is 23.2 Å². The van der Waals surface area contributed by atoms with Gasteiger partial charge in [-0.1, -0.05) is 23.2 Å². The Balaban J connectivity index is 1.90. The molecule has 0 unspecified atom stereocenters. The molecule has 1 heterocycles. The van der Waals surface area contributed by atoms with E-state index in [0.717, 1.165) is 0 Å². The predicted molar refractivity (Wildman–Crippen MR) is 83.7 cm³/mol. The van der Waals surface area contributed by atoms with E-state index in [1.165, 1.54) is 17.8 Å². The number of amides is 3.